The van der Waals surface area contributed by atoms with Gasteiger partial charge in [-0.15, -0.1) is 10.2 Å². The Bertz CT molecular complexity index is 1030. The molecule has 0 saturated heterocycles. The van der Waals surface area contributed by atoms with Crippen LogP contribution in [-0.4, -0.2) is 32.6 Å². The van der Waals surface area contributed by atoms with Crippen LogP contribution in [0.15, 0.2) is 84.3 Å². The van der Waals surface area contributed by atoms with Crippen molar-refractivity contribution in [1.82, 2.24) is 19.7 Å². The Morgan fingerprint density at radius 2 is 1.66 bits per heavy atom. The summed E-state index contributed by atoms with van der Waals surface area (Å²) in [5, 5.41) is 9.84. The van der Waals surface area contributed by atoms with Crippen molar-refractivity contribution in [3.8, 4) is 22.8 Å². The van der Waals surface area contributed by atoms with Crippen LogP contribution in [0.5, 0.6) is 5.75 Å². The molecule has 2 aromatic heterocycles. The lowest BCUT2D eigenvalue weighted by molar-refractivity contribution is 0.414. The summed E-state index contributed by atoms with van der Waals surface area (Å²) in [6.07, 6.45) is 5.68. The van der Waals surface area contributed by atoms with Crippen LogP contribution in [-0.2, 0) is 6.42 Å². The average molecular weight is 403 g/mol. The Morgan fingerprint density at radius 3 is 2.38 bits per heavy atom. The number of aromatic nitrogens is 4. The van der Waals surface area contributed by atoms with Crippen molar-refractivity contribution in [3.05, 3.63) is 84.7 Å². The molecule has 5 nitrogen and oxygen atoms in total. The molecule has 0 aliphatic rings. The van der Waals surface area contributed by atoms with E-state index in [1.165, 1.54) is 5.56 Å². The van der Waals surface area contributed by atoms with Crippen molar-refractivity contribution in [1.29, 1.82) is 0 Å². The number of pyridine rings is 1. The highest BCUT2D eigenvalue weighted by atomic mass is 32.2. The fourth-order valence-electron chi connectivity index (χ4n) is 3.10. The van der Waals surface area contributed by atoms with Crippen molar-refractivity contribution in [2.75, 3.05) is 12.9 Å². The maximum absolute atomic E-state index is 5.30. The van der Waals surface area contributed by atoms with E-state index in [1.807, 2.05) is 36.4 Å². The molecule has 0 fully saturated rings. The zero-order valence-electron chi connectivity index (χ0n) is 16.2. The molecule has 0 aliphatic heterocycles. The first kappa shape index (κ1) is 19.2. The van der Waals surface area contributed by atoms with Gasteiger partial charge in [0, 0.05) is 29.4 Å². The Balaban J connectivity index is 1.57. The highest BCUT2D eigenvalue weighted by Crippen LogP contribution is 2.29. The number of ether oxygens (including phenoxy) is 1. The molecule has 0 bridgehead atoms. The summed E-state index contributed by atoms with van der Waals surface area (Å²) in [5.74, 6) is 2.60. The molecule has 146 valence electrons. The van der Waals surface area contributed by atoms with Crippen LogP contribution >= 0.6 is 11.8 Å². The molecule has 2 aromatic carbocycles. The van der Waals surface area contributed by atoms with Crippen molar-refractivity contribution >= 4 is 11.8 Å². The van der Waals surface area contributed by atoms with Crippen molar-refractivity contribution in [2.24, 2.45) is 0 Å². The Kier molecular flexibility index (Phi) is 6.22. The molecule has 4 aromatic rings. The molecule has 4 rings (SSSR count). The van der Waals surface area contributed by atoms with E-state index >= 15 is 0 Å². The van der Waals surface area contributed by atoms with E-state index < -0.39 is 0 Å². The molecule has 6 heteroatoms. The zero-order valence-corrected chi connectivity index (χ0v) is 17.0. The van der Waals surface area contributed by atoms with Gasteiger partial charge in [-0.1, -0.05) is 42.1 Å². The molecule has 29 heavy (non-hydrogen) atoms. The van der Waals surface area contributed by atoms with Gasteiger partial charge in [-0.05, 0) is 54.8 Å². The monoisotopic (exact) mass is 402 g/mol. The molecule has 0 saturated carbocycles. The molecule has 0 N–H and O–H groups in total. The first-order valence-corrected chi connectivity index (χ1v) is 10.5. The van der Waals surface area contributed by atoms with Crippen LogP contribution in [0.25, 0.3) is 17.1 Å². The molecule has 0 atom stereocenters. The van der Waals surface area contributed by atoms with Crippen LogP contribution in [0.4, 0.5) is 0 Å². The summed E-state index contributed by atoms with van der Waals surface area (Å²) in [5.41, 5.74) is 3.36. The summed E-state index contributed by atoms with van der Waals surface area (Å²) in [6, 6.07) is 22.4. The topological polar surface area (TPSA) is 52.8 Å². The number of rotatable bonds is 8. The fraction of sp³-hybridized carbons (Fsp3) is 0.174. The highest BCUT2D eigenvalue weighted by molar-refractivity contribution is 7.99. The second kappa shape index (κ2) is 9.39. The van der Waals surface area contributed by atoms with Gasteiger partial charge in [0.1, 0.15) is 5.75 Å². The van der Waals surface area contributed by atoms with Crippen LogP contribution in [0.1, 0.15) is 12.0 Å². The van der Waals surface area contributed by atoms with Gasteiger partial charge in [-0.25, -0.2) is 0 Å². The number of thioether (sulfide) groups is 1. The Labute approximate surface area is 174 Å². The standard InChI is InChI=1S/C23H22N4OS/c1-28-21-11-9-20(10-12-21)27-22(19-13-15-24-16-14-19)25-26-23(27)29-17-5-8-18-6-3-2-4-7-18/h2-4,6-7,9-16H,5,8,17H2,1H3. The van der Waals surface area contributed by atoms with E-state index in [-0.39, 0.29) is 0 Å². The Morgan fingerprint density at radius 1 is 0.897 bits per heavy atom. The SMILES string of the molecule is COc1ccc(-n2c(SCCCc3ccccc3)nnc2-c2ccncc2)cc1. The molecule has 0 radical (unpaired) electrons. The van der Waals surface area contributed by atoms with Gasteiger partial charge in [-0.2, -0.15) is 0 Å². The number of hydrogen-bond donors (Lipinski definition) is 0. The molecule has 0 aliphatic carbocycles. The fourth-order valence-corrected chi connectivity index (χ4v) is 3.99. The third-order valence-corrected chi connectivity index (χ3v) is 5.60. The summed E-state index contributed by atoms with van der Waals surface area (Å²) in [7, 11) is 1.67. The van der Waals surface area contributed by atoms with E-state index in [1.54, 1.807) is 31.3 Å². The van der Waals surface area contributed by atoms with Crippen molar-refractivity contribution < 1.29 is 4.74 Å². The van der Waals surface area contributed by atoms with E-state index in [0.29, 0.717) is 0 Å². The second-order valence-corrected chi connectivity index (χ2v) is 7.58. The molecular weight excluding hydrogens is 380 g/mol. The predicted octanol–water partition coefficient (Wildman–Crippen LogP) is 5.06. The largest absolute Gasteiger partial charge is 0.497 e. The van der Waals surface area contributed by atoms with Crippen LogP contribution < -0.4 is 4.74 Å². The third-order valence-electron chi connectivity index (χ3n) is 4.59. The number of hydrogen-bond acceptors (Lipinski definition) is 5. The lowest BCUT2D eigenvalue weighted by Crippen LogP contribution is -2.00. The average Bonchev–Trinajstić information content (AvgIpc) is 3.22. The lowest BCUT2D eigenvalue weighted by Gasteiger charge is -2.11. The minimum atomic E-state index is 0.808. The maximum atomic E-state index is 5.30. The van der Waals surface area contributed by atoms with Crippen LogP contribution in [0.3, 0.4) is 0 Å². The highest BCUT2D eigenvalue weighted by Gasteiger charge is 2.16. The van der Waals surface area contributed by atoms with Gasteiger partial charge in [0.2, 0.25) is 0 Å². The Hall–Kier alpha value is -3.12. The van der Waals surface area contributed by atoms with Gasteiger partial charge in [-0.3, -0.25) is 9.55 Å². The predicted molar refractivity (Wildman–Crippen MR) is 117 cm³/mol. The second-order valence-electron chi connectivity index (χ2n) is 6.51. The number of methoxy groups -OCH3 is 1. The first-order valence-electron chi connectivity index (χ1n) is 9.52. The van der Waals surface area contributed by atoms with Gasteiger partial charge in [0.25, 0.3) is 0 Å². The van der Waals surface area contributed by atoms with Gasteiger partial charge in [0.05, 0.1) is 7.11 Å². The van der Waals surface area contributed by atoms with Gasteiger partial charge in [0.15, 0.2) is 11.0 Å². The summed E-state index contributed by atoms with van der Waals surface area (Å²) in [4.78, 5) is 4.11. The lowest BCUT2D eigenvalue weighted by atomic mass is 10.1. The molecular formula is C23H22N4OS. The van der Waals surface area contributed by atoms with Crippen LogP contribution in [0, 0.1) is 0 Å². The van der Waals surface area contributed by atoms with E-state index in [2.05, 4.69) is 50.1 Å². The van der Waals surface area contributed by atoms with E-state index in [0.717, 1.165) is 46.6 Å². The zero-order chi connectivity index (χ0) is 19.9. The number of benzene rings is 2. The normalized spacial score (nSPS) is 10.8. The minimum Gasteiger partial charge on any atom is -0.497 e. The van der Waals surface area contributed by atoms with E-state index in [9.17, 15) is 0 Å². The maximum Gasteiger partial charge on any atom is 0.196 e. The van der Waals surface area contributed by atoms with Gasteiger partial charge >= 0.3 is 0 Å². The summed E-state index contributed by atoms with van der Waals surface area (Å²) in [6.45, 7) is 0. The summed E-state index contributed by atoms with van der Waals surface area (Å²) < 4.78 is 7.40. The smallest absolute Gasteiger partial charge is 0.196 e. The summed E-state index contributed by atoms with van der Waals surface area (Å²) >= 11 is 1.73. The van der Waals surface area contributed by atoms with Crippen LogP contribution in [0.2, 0.25) is 0 Å². The first-order chi connectivity index (χ1) is 14.3. The molecule has 0 spiro atoms. The van der Waals surface area contributed by atoms with Crippen molar-refractivity contribution in [2.45, 2.75) is 18.0 Å². The number of nitrogens with zero attached hydrogens (tertiary/aromatic N) is 4. The number of aryl methyl sites for hydroxylation is 1. The molecule has 0 unspecified atom stereocenters. The third kappa shape index (κ3) is 4.66. The quantitative estimate of drug-likeness (QED) is 0.304. The minimum absolute atomic E-state index is 0.808. The molecule has 0 amide bonds. The van der Waals surface area contributed by atoms with Crippen molar-refractivity contribution in [3.63, 3.8) is 0 Å². The molecule has 2 heterocycles. The van der Waals surface area contributed by atoms with Gasteiger partial charge < -0.3 is 4.74 Å². The van der Waals surface area contributed by atoms with E-state index in [4.69, 9.17) is 4.74 Å².